The first-order chi connectivity index (χ1) is 14.6. The maximum Gasteiger partial charge on any atom is 0.335 e. The Labute approximate surface area is 177 Å². The number of aromatic nitrogens is 3. The molecule has 2 N–H and O–H groups in total. The summed E-state index contributed by atoms with van der Waals surface area (Å²) in [7, 11) is 0. The van der Waals surface area contributed by atoms with Gasteiger partial charge < -0.3 is 5.11 Å². The lowest BCUT2D eigenvalue weighted by Gasteiger charge is -2.33. The third kappa shape index (κ3) is 3.86. The molecule has 9 heteroatoms. The highest BCUT2D eigenvalue weighted by atomic mass is 35.5. The van der Waals surface area contributed by atoms with Crippen molar-refractivity contribution in [3.63, 3.8) is 0 Å². The van der Waals surface area contributed by atoms with Crippen molar-refractivity contribution in [3.8, 4) is 11.6 Å². The van der Waals surface area contributed by atoms with Gasteiger partial charge in [-0.1, -0.05) is 29.8 Å². The van der Waals surface area contributed by atoms with Crippen molar-refractivity contribution in [1.82, 2.24) is 19.5 Å². The number of pyridine rings is 1. The molecule has 1 atom stereocenters. The third-order valence-corrected chi connectivity index (χ3v) is 5.41. The van der Waals surface area contributed by atoms with Crippen LogP contribution in [0.2, 0.25) is 5.02 Å². The smallest absolute Gasteiger partial charge is 0.335 e. The summed E-state index contributed by atoms with van der Waals surface area (Å²) in [5, 5.41) is 17.3. The second-order valence-corrected chi connectivity index (χ2v) is 7.40. The fourth-order valence-corrected chi connectivity index (χ4v) is 3.83. The first kappa shape index (κ1) is 19.9. The predicted octanol–water partition coefficient (Wildman–Crippen LogP) is 2.84. The summed E-state index contributed by atoms with van der Waals surface area (Å²) in [6, 6.07) is 10.4. The van der Waals surface area contributed by atoms with Gasteiger partial charge in [-0.15, -0.1) is 0 Å². The molecular formula is C21H20ClN5O3. The number of halogens is 1. The maximum atomic E-state index is 12.4. The fourth-order valence-electron chi connectivity index (χ4n) is 3.61. The lowest BCUT2D eigenvalue weighted by molar-refractivity contribution is 0.156. The number of aromatic hydroxyl groups is 1. The number of H-pyrrole nitrogens is 1. The van der Waals surface area contributed by atoms with Gasteiger partial charge in [0.2, 0.25) is 5.88 Å². The third-order valence-electron chi connectivity index (χ3n) is 5.09. The zero-order chi connectivity index (χ0) is 21.1. The molecule has 1 saturated heterocycles. The zero-order valence-corrected chi connectivity index (χ0v) is 16.8. The normalized spacial score (nSPS) is 16.8. The van der Waals surface area contributed by atoms with E-state index < -0.39 is 17.1 Å². The molecule has 0 aliphatic carbocycles. The molecule has 3 heterocycles. The number of hydrogen-bond acceptors (Lipinski definition) is 6. The van der Waals surface area contributed by atoms with Gasteiger partial charge in [0.05, 0.1) is 23.0 Å². The van der Waals surface area contributed by atoms with Gasteiger partial charge in [0, 0.05) is 18.9 Å². The number of rotatable bonds is 4. The Morgan fingerprint density at radius 2 is 2.03 bits per heavy atom. The highest BCUT2D eigenvalue weighted by molar-refractivity contribution is 6.32. The average molecular weight is 426 g/mol. The maximum absolute atomic E-state index is 12.4. The van der Waals surface area contributed by atoms with Crippen LogP contribution in [0.25, 0.3) is 5.69 Å². The van der Waals surface area contributed by atoms with Gasteiger partial charge in [0.25, 0.3) is 5.56 Å². The van der Waals surface area contributed by atoms with Gasteiger partial charge in [-0.2, -0.15) is 5.10 Å². The minimum absolute atomic E-state index is 0.0272. The summed E-state index contributed by atoms with van der Waals surface area (Å²) in [6.45, 7) is 0.707. The van der Waals surface area contributed by atoms with Gasteiger partial charge in [-0.05, 0) is 43.0 Å². The zero-order valence-electron chi connectivity index (χ0n) is 16.0. The molecule has 2 aromatic heterocycles. The number of piperidine rings is 1. The van der Waals surface area contributed by atoms with Crippen molar-refractivity contribution >= 4 is 17.8 Å². The molecule has 0 radical (unpaired) electrons. The van der Waals surface area contributed by atoms with Crippen LogP contribution in [0.1, 0.15) is 36.4 Å². The molecule has 154 valence electrons. The monoisotopic (exact) mass is 425 g/mol. The van der Waals surface area contributed by atoms with E-state index in [-0.39, 0.29) is 22.3 Å². The van der Waals surface area contributed by atoms with E-state index in [9.17, 15) is 14.7 Å². The van der Waals surface area contributed by atoms with Gasteiger partial charge in [0.15, 0.2) is 0 Å². The van der Waals surface area contributed by atoms with Crippen LogP contribution in [-0.4, -0.2) is 37.4 Å². The minimum Gasteiger partial charge on any atom is -0.493 e. The van der Waals surface area contributed by atoms with Crippen molar-refractivity contribution < 1.29 is 5.11 Å². The molecule has 0 saturated carbocycles. The van der Waals surface area contributed by atoms with Crippen molar-refractivity contribution in [3.05, 3.63) is 85.8 Å². The molecule has 3 aromatic rings. The van der Waals surface area contributed by atoms with E-state index in [0.717, 1.165) is 29.4 Å². The van der Waals surface area contributed by atoms with E-state index in [0.29, 0.717) is 6.54 Å². The minimum atomic E-state index is -0.783. The van der Waals surface area contributed by atoms with Crippen LogP contribution in [0.5, 0.6) is 5.88 Å². The molecule has 1 fully saturated rings. The number of hydrogen-bond donors (Lipinski definition) is 2. The second kappa shape index (κ2) is 8.54. The molecule has 0 amide bonds. The van der Waals surface area contributed by atoms with Crippen LogP contribution >= 0.6 is 11.6 Å². The summed E-state index contributed by atoms with van der Waals surface area (Å²) >= 11 is 6.17. The average Bonchev–Trinajstić information content (AvgIpc) is 2.75. The van der Waals surface area contributed by atoms with E-state index in [1.165, 1.54) is 6.21 Å². The van der Waals surface area contributed by atoms with E-state index in [1.807, 2.05) is 17.1 Å². The molecule has 1 aliphatic heterocycles. The topological polar surface area (TPSA) is 104 Å². The summed E-state index contributed by atoms with van der Waals surface area (Å²) in [4.78, 5) is 31.1. The van der Waals surface area contributed by atoms with E-state index in [4.69, 9.17) is 11.6 Å². The summed E-state index contributed by atoms with van der Waals surface area (Å²) in [5.41, 5.74) is -0.328. The molecule has 0 bridgehead atoms. The van der Waals surface area contributed by atoms with E-state index in [1.54, 1.807) is 36.7 Å². The SMILES string of the molecule is O=c1[nH]c(=O)n(-c2ccccc2Cl)c(O)c1C=NN1CCCC[C@@H]1c1cccnc1. The lowest BCUT2D eigenvalue weighted by atomic mass is 9.98. The predicted molar refractivity (Wildman–Crippen MR) is 114 cm³/mol. The van der Waals surface area contributed by atoms with Crippen molar-refractivity contribution in [2.24, 2.45) is 5.10 Å². The second-order valence-electron chi connectivity index (χ2n) is 6.99. The van der Waals surface area contributed by atoms with Crippen LogP contribution in [0, 0.1) is 0 Å². The standard InChI is InChI=1S/C21H20ClN5O3/c22-16-7-1-2-9-18(16)27-20(29)15(19(28)25-21(27)30)13-24-26-11-4-3-8-17(26)14-6-5-10-23-12-14/h1-2,5-7,9-10,12-13,17,29H,3-4,8,11H2,(H,25,28,30)/t17-/m1/s1. The number of aromatic amines is 1. The first-order valence-electron chi connectivity index (χ1n) is 9.60. The van der Waals surface area contributed by atoms with Crippen LogP contribution in [-0.2, 0) is 0 Å². The summed E-state index contributed by atoms with van der Waals surface area (Å²) < 4.78 is 0.958. The van der Waals surface area contributed by atoms with E-state index >= 15 is 0 Å². The Balaban J connectivity index is 1.73. The Kier molecular flexibility index (Phi) is 5.67. The number of para-hydroxylation sites is 1. The van der Waals surface area contributed by atoms with Crippen LogP contribution in [0.3, 0.4) is 0 Å². The molecule has 8 nitrogen and oxygen atoms in total. The molecule has 4 rings (SSSR count). The van der Waals surface area contributed by atoms with Crippen molar-refractivity contribution in [2.45, 2.75) is 25.3 Å². The van der Waals surface area contributed by atoms with Crippen LogP contribution < -0.4 is 11.2 Å². The Bertz CT molecular complexity index is 1190. The molecule has 30 heavy (non-hydrogen) atoms. The van der Waals surface area contributed by atoms with Gasteiger partial charge in [0.1, 0.15) is 5.56 Å². The Morgan fingerprint density at radius 1 is 1.20 bits per heavy atom. The highest BCUT2D eigenvalue weighted by Gasteiger charge is 2.23. The summed E-state index contributed by atoms with van der Waals surface area (Å²) in [5.74, 6) is -0.518. The van der Waals surface area contributed by atoms with Crippen LogP contribution in [0.4, 0.5) is 0 Å². The molecule has 1 aromatic carbocycles. The lowest BCUT2D eigenvalue weighted by Crippen LogP contribution is -2.32. The Hall–Kier alpha value is -3.39. The highest BCUT2D eigenvalue weighted by Crippen LogP contribution is 2.30. The quantitative estimate of drug-likeness (QED) is 0.625. The first-order valence-corrected chi connectivity index (χ1v) is 9.98. The number of nitrogens with one attached hydrogen (secondary N) is 1. The summed E-state index contributed by atoms with van der Waals surface area (Å²) in [6.07, 6.45) is 7.75. The largest absolute Gasteiger partial charge is 0.493 e. The number of benzene rings is 1. The molecule has 0 unspecified atom stereocenters. The van der Waals surface area contributed by atoms with Crippen molar-refractivity contribution in [1.29, 1.82) is 0 Å². The van der Waals surface area contributed by atoms with Gasteiger partial charge in [-0.25, -0.2) is 9.36 Å². The number of hydrazone groups is 1. The van der Waals surface area contributed by atoms with Gasteiger partial charge >= 0.3 is 5.69 Å². The Morgan fingerprint density at radius 3 is 2.80 bits per heavy atom. The van der Waals surface area contributed by atoms with E-state index in [2.05, 4.69) is 15.1 Å². The van der Waals surface area contributed by atoms with Crippen LogP contribution in [0.15, 0.2) is 63.5 Å². The number of nitrogens with zero attached hydrogens (tertiary/aromatic N) is 4. The molecular weight excluding hydrogens is 406 g/mol. The fraction of sp³-hybridized carbons (Fsp3) is 0.238. The molecule has 1 aliphatic rings. The van der Waals surface area contributed by atoms with Gasteiger partial charge in [-0.3, -0.25) is 19.8 Å². The van der Waals surface area contributed by atoms with Crippen molar-refractivity contribution in [2.75, 3.05) is 6.54 Å². The molecule has 0 spiro atoms.